The summed E-state index contributed by atoms with van der Waals surface area (Å²) in [4.78, 5) is 5.83. The highest BCUT2D eigenvalue weighted by Gasteiger charge is 2.10. The van der Waals surface area contributed by atoms with E-state index in [-0.39, 0.29) is 0 Å². The molecular formula is C16H15BrN2S. The van der Waals surface area contributed by atoms with Crippen LogP contribution in [0.25, 0.3) is 10.9 Å². The Morgan fingerprint density at radius 3 is 2.75 bits per heavy atom. The van der Waals surface area contributed by atoms with E-state index in [0.29, 0.717) is 6.54 Å². The zero-order valence-corrected chi connectivity index (χ0v) is 13.3. The van der Waals surface area contributed by atoms with Crippen LogP contribution >= 0.6 is 27.7 Å². The molecular weight excluding hydrogens is 332 g/mol. The summed E-state index contributed by atoms with van der Waals surface area (Å²) in [6.07, 6.45) is 2.98. The zero-order valence-electron chi connectivity index (χ0n) is 10.9. The Labute approximate surface area is 130 Å². The van der Waals surface area contributed by atoms with Crippen LogP contribution in [0.4, 0.5) is 0 Å². The molecule has 4 heteroatoms. The summed E-state index contributed by atoms with van der Waals surface area (Å²) in [7, 11) is 0. The highest BCUT2D eigenvalue weighted by Crippen LogP contribution is 2.38. The summed E-state index contributed by atoms with van der Waals surface area (Å²) < 4.78 is 1.12. The average Bonchev–Trinajstić information content (AvgIpc) is 2.86. The Morgan fingerprint density at radius 1 is 1.05 bits per heavy atom. The quantitative estimate of drug-likeness (QED) is 0.725. The van der Waals surface area contributed by atoms with E-state index in [0.717, 1.165) is 16.4 Å². The molecule has 1 heterocycles. The average molecular weight is 347 g/mol. The van der Waals surface area contributed by atoms with Crippen molar-refractivity contribution in [2.45, 2.75) is 16.2 Å². The summed E-state index contributed by atoms with van der Waals surface area (Å²) in [5.74, 6) is 0. The van der Waals surface area contributed by atoms with Gasteiger partial charge in [-0.1, -0.05) is 52.0 Å². The van der Waals surface area contributed by atoms with Crippen molar-refractivity contribution in [3.05, 3.63) is 58.7 Å². The molecule has 0 atom stereocenters. The number of fused-ring (bicyclic) bond motifs is 1. The van der Waals surface area contributed by atoms with Crippen molar-refractivity contribution in [3.63, 3.8) is 0 Å². The molecule has 0 bridgehead atoms. The number of benzene rings is 2. The Kier molecular flexibility index (Phi) is 4.15. The van der Waals surface area contributed by atoms with Crippen LogP contribution in [0.1, 0.15) is 5.56 Å². The number of halogens is 1. The first-order valence-electron chi connectivity index (χ1n) is 6.51. The van der Waals surface area contributed by atoms with Crippen LogP contribution in [0.3, 0.4) is 0 Å². The number of H-pyrrole nitrogens is 1. The first-order valence-corrected chi connectivity index (χ1v) is 8.12. The minimum atomic E-state index is 0.676. The van der Waals surface area contributed by atoms with E-state index in [1.165, 1.54) is 20.7 Å². The molecule has 0 radical (unpaired) electrons. The molecule has 0 aliphatic rings. The fourth-order valence-electron chi connectivity index (χ4n) is 2.27. The number of aromatic amines is 1. The Bertz CT molecular complexity index is 736. The lowest BCUT2D eigenvalue weighted by Gasteiger charge is -2.07. The molecule has 0 unspecified atom stereocenters. The fraction of sp³-hybridized carbons (Fsp3) is 0.125. The van der Waals surface area contributed by atoms with Crippen LogP contribution in [0.5, 0.6) is 0 Å². The number of hydrogen-bond acceptors (Lipinski definition) is 2. The second kappa shape index (κ2) is 6.04. The molecule has 102 valence electrons. The van der Waals surface area contributed by atoms with Gasteiger partial charge in [-0.25, -0.2) is 0 Å². The van der Waals surface area contributed by atoms with Gasteiger partial charge in [0, 0.05) is 31.4 Å². The lowest BCUT2D eigenvalue weighted by atomic mass is 10.1. The standard InChI is InChI=1S/C16H15BrN2S/c17-12-5-3-6-13-16(12)15(10-19-13)20-14-7-2-1-4-11(14)8-9-18/h1-7,10,19H,8-9,18H2. The van der Waals surface area contributed by atoms with Crippen LogP contribution in [-0.2, 0) is 6.42 Å². The van der Waals surface area contributed by atoms with Crippen molar-refractivity contribution in [3.8, 4) is 0 Å². The van der Waals surface area contributed by atoms with E-state index < -0.39 is 0 Å². The van der Waals surface area contributed by atoms with Gasteiger partial charge in [0.05, 0.1) is 0 Å². The van der Waals surface area contributed by atoms with Gasteiger partial charge in [0.25, 0.3) is 0 Å². The van der Waals surface area contributed by atoms with E-state index in [4.69, 9.17) is 5.73 Å². The van der Waals surface area contributed by atoms with Gasteiger partial charge >= 0.3 is 0 Å². The summed E-state index contributed by atoms with van der Waals surface area (Å²) in [5, 5.41) is 1.24. The first-order chi connectivity index (χ1) is 9.79. The predicted molar refractivity (Wildman–Crippen MR) is 89.3 cm³/mol. The second-order valence-corrected chi connectivity index (χ2v) is 6.50. The molecule has 0 amide bonds. The van der Waals surface area contributed by atoms with Gasteiger partial charge < -0.3 is 10.7 Å². The molecule has 1 aromatic heterocycles. The second-order valence-electron chi connectivity index (χ2n) is 4.56. The van der Waals surface area contributed by atoms with E-state index in [1.807, 2.05) is 6.07 Å². The summed E-state index contributed by atoms with van der Waals surface area (Å²) in [6, 6.07) is 14.7. The van der Waals surface area contributed by atoms with E-state index in [2.05, 4.69) is 63.5 Å². The van der Waals surface area contributed by atoms with Crippen molar-refractivity contribution in [1.29, 1.82) is 0 Å². The molecule has 0 spiro atoms. The van der Waals surface area contributed by atoms with Gasteiger partial charge in [-0.15, -0.1) is 0 Å². The zero-order chi connectivity index (χ0) is 13.9. The van der Waals surface area contributed by atoms with Crippen molar-refractivity contribution >= 4 is 38.6 Å². The van der Waals surface area contributed by atoms with Crippen LogP contribution in [0.2, 0.25) is 0 Å². The smallest absolute Gasteiger partial charge is 0.0477 e. The van der Waals surface area contributed by atoms with E-state index in [9.17, 15) is 0 Å². The van der Waals surface area contributed by atoms with Gasteiger partial charge in [-0.3, -0.25) is 0 Å². The topological polar surface area (TPSA) is 41.8 Å². The lowest BCUT2D eigenvalue weighted by Crippen LogP contribution is -2.03. The minimum Gasteiger partial charge on any atom is -0.360 e. The largest absolute Gasteiger partial charge is 0.360 e. The third kappa shape index (κ3) is 2.64. The number of hydrogen-bond donors (Lipinski definition) is 2. The Morgan fingerprint density at radius 2 is 1.90 bits per heavy atom. The van der Waals surface area contributed by atoms with Gasteiger partial charge in [0.1, 0.15) is 0 Å². The van der Waals surface area contributed by atoms with Crippen LogP contribution in [0, 0.1) is 0 Å². The predicted octanol–water partition coefficient (Wildman–Crippen LogP) is 4.58. The normalized spacial score (nSPS) is 11.1. The van der Waals surface area contributed by atoms with Gasteiger partial charge in [-0.05, 0) is 36.7 Å². The molecule has 2 aromatic carbocycles. The number of nitrogens with two attached hydrogens (primary N) is 1. The first kappa shape index (κ1) is 13.7. The van der Waals surface area contributed by atoms with E-state index in [1.54, 1.807) is 11.8 Å². The fourth-order valence-corrected chi connectivity index (χ4v) is 4.11. The Balaban J connectivity index is 2.02. The molecule has 0 saturated heterocycles. The van der Waals surface area contributed by atoms with Gasteiger partial charge in [-0.2, -0.15) is 0 Å². The highest BCUT2D eigenvalue weighted by molar-refractivity contribution is 9.10. The van der Waals surface area contributed by atoms with Crippen molar-refractivity contribution in [2.24, 2.45) is 5.73 Å². The molecule has 2 nitrogen and oxygen atoms in total. The SMILES string of the molecule is NCCc1ccccc1Sc1c[nH]c2cccc(Br)c12. The van der Waals surface area contributed by atoms with Crippen LogP contribution < -0.4 is 5.73 Å². The lowest BCUT2D eigenvalue weighted by molar-refractivity contribution is 0.944. The Hall–Kier alpha value is -1.23. The molecule has 0 aliphatic carbocycles. The third-order valence-corrected chi connectivity index (χ3v) is 5.05. The van der Waals surface area contributed by atoms with Crippen molar-refractivity contribution in [2.75, 3.05) is 6.54 Å². The molecule has 3 rings (SSSR count). The maximum atomic E-state index is 5.69. The molecule has 0 aliphatic heterocycles. The molecule has 20 heavy (non-hydrogen) atoms. The number of nitrogens with one attached hydrogen (secondary N) is 1. The van der Waals surface area contributed by atoms with Crippen LogP contribution in [0.15, 0.2) is 62.9 Å². The number of rotatable bonds is 4. The maximum Gasteiger partial charge on any atom is 0.0477 e. The molecule has 0 saturated carbocycles. The third-order valence-electron chi connectivity index (χ3n) is 3.22. The van der Waals surface area contributed by atoms with Gasteiger partial charge in [0.15, 0.2) is 0 Å². The monoisotopic (exact) mass is 346 g/mol. The molecule has 3 aromatic rings. The summed E-state index contributed by atoms with van der Waals surface area (Å²) >= 11 is 5.42. The molecule has 0 fully saturated rings. The summed E-state index contributed by atoms with van der Waals surface area (Å²) in [6.45, 7) is 0.676. The van der Waals surface area contributed by atoms with Gasteiger partial charge in [0.2, 0.25) is 0 Å². The van der Waals surface area contributed by atoms with Crippen LogP contribution in [-0.4, -0.2) is 11.5 Å². The van der Waals surface area contributed by atoms with E-state index >= 15 is 0 Å². The maximum absolute atomic E-state index is 5.69. The highest BCUT2D eigenvalue weighted by atomic mass is 79.9. The molecule has 3 N–H and O–H groups in total. The minimum absolute atomic E-state index is 0.676. The number of aromatic nitrogens is 1. The summed E-state index contributed by atoms with van der Waals surface area (Å²) in [5.41, 5.74) is 8.15. The van der Waals surface area contributed by atoms with Crippen molar-refractivity contribution < 1.29 is 0 Å². The van der Waals surface area contributed by atoms with Crippen molar-refractivity contribution in [1.82, 2.24) is 4.98 Å².